The molecular formula is C14H22N4O. The van der Waals surface area contributed by atoms with Crippen LogP contribution >= 0.6 is 0 Å². The average molecular weight is 262 g/mol. The molecule has 0 spiro atoms. The molecule has 1 aliphatic rings. The summed E-state index contributed by atoms with van der Waals surface area (Å²) in [5.41, 5.74) is 0. The summed E-state index contributed by atoms with van der Waals surface area (Å²) in [5, 5.41) is 3.31. The van der Waals surface area contributed by atoms with Crippen molar-refractivity contribution in [3.05, 3.63) is 12.4 Å². The first-order valence-corrected chi connectivity index (χ1v) is 7.12. The van der Waals surface area contributed by atoms with Crippen molar-refractivity contribution in [3.63, 3.8) is 0 Å². The second-order valence-electron chi connectivity index (χ2n) is 4.96. The molecule has 5 nitrogen and oxygen atoms in total. The molecule has 0 aliphatic carbocycles. The number of hydrogen-bond acceptors (Lipinski definition) is 5. The molecule has 0 radical (unpaired) electrons. The predicted molar refractivity (Wildman–Crippen MR) is 76.5 cm³/mol. The van der Waals surface area contributed by atoms with Crippen LogP contribution in [0.1, 0.15) is 39.0 Å². The van der Waals surface area contributed by atoms with E-state index < -0.39 is 0 Å². The van der Waals surface area contributed by atoms with Gasteiger partial charge in [0.15, 0.2) is 5.78 Å². The topological polar surface area (TPSA) is 58.1 Å². The van der Waals surface area contributed by atoms with Crippen molar-refractivity contribution in [2.45, 2.75) is 39.0 Å². The second kappa shape index (κ2) is 7.07. The Balaban J connectivity index is 1.92. The molecule has 0 amide bonds. The molecule has 1 saturated heterocycles. The summed E-state index contributed by atoms with van der Waals surface area (Å²) < 4.78 is 0. The molecular weight excluding hydrogens is 240 g/mol. The third kappa shape index (κ3) is 4.19. The molecule has 0 unspecified atom stereocenters. The van der Waals surface area contributed by atoms with Gasteiger partial charge in [0, 0.05) is 25.6 Å². The molecule has 19 heavy (non-hydrogen) atoms. The molecule has 1 aromatic rings. The Morgan fingerprint density at radius 1 is 1.37 bits per heavy atom. The molecule has 0 atom stereocenters. The van der Waals surface area contributed by atoms with E-state index in [1.807, 2.05) is 11.0 Å². The molecule has 1 aliphatic heterocycles. The fourth-order valence-corrected chi connectivity index (χ4v) is 2.24. The number of carbonyl (C=O) groups excluding carboxylic acids is 1. The fraction of sp³-hybridized carbons (Fsp3) is 0.643. The summed E-state index contributed by atoms with van der Waals surface area (Å²) in [7, 11) is 0. The highest BCUT2D eigenvalue weighted by Crippen LogP contribution is 2.17. The van der Waals surface area contributed by atoms with Crippen molar-refractivity contribution in [2.24, 2.45) is 0 Å². The maximum absolute atomic E-state index is 11.5. The summed E-state index contributed by atoms with van der Waals surface area (Å²) in [6, 6.07) is 1.94. The number of unbranched alkanes of at least 4 members (excludes halogenated alkanes) is 2. The van der Waals surface area contributed by atoms with Crippen molar-refractivity contribution in [3.8, 4) is 0 Å². The SMILES string of the molecule is CCCCCNc1cc(N2CCCC(=O)C2)ncn1. The number of nitrogens with one attached hydrogen (secondary N) is 1. The van der Waals surface area contributed by atoms with Crippen LogP contribution in [0.2, 0.25) is 0 Å². The molecule has 0 aromatic carbocycles. The number of ketones is 1. The normalized spacial score (nSPS) is 15.6. The lowest BCUT2D eigenvalue weighted by Gasteiger charge is -2.26. The Labute approximate surface area is 114 Å². The van der Waals surface area contributed by atoms with Gasteiger partial charge in [-0.25, -0.2) is 9.97 Å². The molecule has 2 heterocycles. The third-order valence-electron chi connectivity index (χ3n) is 3.31. The number of rotatable bonds is 6. The van der Waals surface area contributed by atoms with E-state index in [1.54, 1.807) is 6.33 Å². The maximum atomic E-state index is 11.5. The lowest BCUT2D eigenvalue weighted by molar-refractivity contribution is -0.118. The highest BCUT2D eigenvalue weighted by atomic mass is 16.1. The van der Waals surface area contributed by atoms with Crippen LogP contribution in [0.3, 0.4) is 0 Å². The first kappa shape index (κ1) is 13.8. The Hall–Kier alpha value is -1.65. The average Bonchev–Trinajstić information content (AvgIpc) is 2.44. The Bertz CT molecular complexity index is 422. The summed E-state index contributed by atoms with van der Waals surface area (Å²) in [5.74, 6) is 1.99. The van der Waals surface area contributed by atoms with E-state index in [2.05, 4.69) is 22.2 Å². The molecule has 0 saturated carbocycles. The lowest BCUT2D eigenvalue weighted by Crippen LogP contribution is -2.36. The highest BCUT2D eigenvalue weighted by Gasteiger charge is 2.18. The van der Waals surface area contributed by atoms with Gasteiger partial charge >= 0.3 is 0 Å². The zero-order chi connectivity index (χ0) is 13.5. The van der Waals surface area contributed by atoms with Crippen LogP contribution in [-0.4, -0.2) is 35.4 Å². The fourth-order valence-electron chi connectivity index (χ4n) is 2.24. The summed E-state index contributed by atoms with van der Waals surface area (Å²) in [4.78, 5) is 22.0. The minimum absolute atomic E-state index is 0.294. The van der Waals surface area contributed by atoms with Crippen LogP contribution < -0.4 is 10.2 Å². The van der Waals surface area contributed by atoms with E-state index in [4.69, 9.17) is 0 Å². The number of carbonyl (C=O) groups is 1. The van der Waals surface area contributed by atoms with Crippen LogP contribution in [0, 0.1) is 0 Å². The molecule has 2 rings (SSSR count). The van der Waals surface area contributed by atoms with Crippen molar-refractivity contribution in [1.29, 1.82) is 0 Å². The second-order valence-corrected chi connectivity index (χ2v) is 4.96. The number of nitrogens with zero attached hydrogens (tertiary/aromatic N) is 3. The minimum atomic E-state index is 0.294. The van der Waals surface area contributed by atoms with Gasteiger partial charge < -0.3 is 10.2 Å². The van der Waals surface area contributed by atoms with Crippen LogP contribution in [-0.2, 0) is 4.79 Å². The number of aromatic nitrogens is 2. The molecule has 1 aromatic heterocycles. The van der Waals surface area contributed by atoms with Crippen molar-refractivity contribution in [1.82, 2.24) is 9.97 Å². The third-order valence-corrected chi connectivity index (χ3v) is 3.31. The van der Waals surface area contributed by atoms with Gasteiger partial charge in [-0.15, -0.1) is 0 Å². The van der Waals surface area contributed by atoms with Gasteiger partial charge in [0.05, 0.1) is 6.54 Å². The molecule has 1 N–H and O–H groups in total. The molecule has 0 bridgehead atoms. The first-order chi connectivity index (χ1) is 9.29. The largest absolute Gasteiger partial charge is 0.370 e. The summed E-state index contributed by atoms with van der Waals surface area (Å²) in [6.45, 7) is 4.50. The van der Waals surface area contributed by atoms with Crippen LogP contribution in [0.15, 0.2) is 12.4 Å². The van der Waals surface area contributed by atoms with E-state index in [9.17, 15) is 4.79 Å². The standard InChI is InChI=1S/C14H22N4O/c1-2-3-4-7-15-13-9-14(17-11-16-13)18-8-5-6-12(19)10-18/h9,11H,2-8,10H2,1H3,(H,15,16,17). The summed E-state index contributed by atoms with van der Waals surface area (Å²) >= 11 is 0. The Morgan fingerprint density at radius 2 is 2.26 bits per heavy atom. The number of Topliss-reactive ketones (excluding diaryl/α,β-unsaturated/α-hetero) is 1. The Morgan fingerprint density at radius 3 is 3.05 bits per heavy atom. The smallest absolute Gasteiger partial charge is 0.152 e. The van der Waals surface area contributed by atoms with Gasteiger partial charge in [-0.1, -0.05) is 19.8 Å². The van der Waals surface area contributed by atoms with Gasteiger partial charge in [-0.2, -0.15) is 0 Å². The highest BCUT2D eigenvalue weighted by molar-refractivity contribution is 5.84. The van der Waals surface area contributed by atoms with Crippen molar-refractivity contribution < 1.29 is 4.79 Å². The van der Waals surface area contributed by atoms with E-state index in [1.165, 1.54) is 12.8 Å². The van der Waals surface area contributed by atoms with Crippen LogP contribution in [0.4, 0.5) is 11.6 Å². The molecule has 5 heteroatoms. The van der Waals surface area contributed by atoms with Gasteiger partial charge in [0.2, 0.25) is 0 Å². The van der Waals surface area contributed by atoms with Crippen molar-refractivity contribution >= 4 is 17.4 Å². The number of anilines is 2. The molecule has 104 valence electrons. The van der Waals surface area contributed by atoms with E-state index in [0.717, 1.165) is 37.6 Å². The first-order valence-electron chi connectivity index (χ1n) is 7.12. The minimum Gasteiger partial charge on any atom is -0.370 e. The monoisotopic (exact) mass is 262 g/mol. The lowest BCUT2D eigenvalue weighted by atomic mass is 10.1. The van der Waals surface area contributed by atoms with E-state index >= 15 is 0 Å². The zero-order valence-electron chi connectivity index (χ0n) is 11.6. The van der Waals surface area contributed by atoms with E-state index in [0.29, 0.717) is 18.7 Å². The quantitative estimate of drug-likeness (QED) is 0.797. The van der Waals surface area contributed by atoms with Crippen molar-refractivity contribution in [2.75, 3.05) is 29.9 Å². The maximum Gasteiger partial charge on any atom is 0.152 e. The summed E-state index contributed by atoms with van der Waals surface area (Å²) in [6.07, 6.45) is 6.78. The predicted octanol–water partition coefficient (Wildman–Crippen LogP) is 2.25. The zero-order valence-corrected chi connectivity index (χ0v) is 11.6. The van der Waals surface area contributed by atoms with Gasteiger partial charge in [0.25, 0.3) is 0 Å². The molecule has 1 fully saturated rings. The Kier molecular flexibility index (Phi) is 5.12. The van der Waals surface area contributed by atoms with Gasteiger partial charge in [-0.3, -0.25) is 4.79 Å². The number of piperidine rings is 1. The van der Waals surface area contributed by atoms with Crippen LogP contribution in [0.5, 0.6) is 0 Å². The van der Waals surface area contributed by atoms with Gasteiger partial charge in [0.1, 0.15) is 18.0 Å². The van der Waals surface area contributed by atoms with Gasteiger partial charge in [-0.05, 0) is 12.8 Å². The number of hydrogen-bond donors (Lipinski definition) is 1. The van der Waals surface area contributed by atoms with E-state index in [-0.39, 0.29) is 0 Å². The van der Waals surface area contributed by atoms with Crippen LogP contribution in [0.25, 0.3) is 0 Å².